The summed E-state index contributed by atoms with van der Waals surface area (Å²) < 4.78 is 6.26. The average Bonchev–Trinajstić information content (AvgIpc) is 2.88. The topological polar surface area (TPSA) is 33.9 Å². The van der Waals surface area contributed by atoms with E-state index >= 15 is 0 Å². The summed E-state index contributed by atoms with van der Waals surface area (Å²) in [7, 11) is 3.74. The van der Waals surface area contributed by atoms with Gasteiger partial charge < -0.3 is 9.64 Å². The van der Waals surface area contributed by atoms with Crippen LogP contribution in [0.25, 0.3) is 16.0 Å². The molecule has 0 N–H and O–H groups in total. The molecule has 0 atom stereocenters. The standard InChI is InChI=1S/C16H15IN2O2S/c1-5-21-16(20)14-12(10-6-8-11(17)9-7-10)13(18-2)15(22-14)19(3)4/h6-9H,5H2,1,3-4H3. The van der Waals surface area contributed by atoms with Crippen LogP contribution >= 0.6 is 33.9 Å². The van der Waals surface area contributed by atoms with E-state index < -0.39 is 0 Å². The Kier molecular flexibility index (Phi) is 5.42. The highest BCUT2D eigenvalue weighted by molar-refractivity contribution is 14.1. The number of anilines is 1. The molecule has 0 fully saturated rings. The number of benzene rings is 1. The predicted octanol–water partition coefficient (Wildman–Crippen LogP) is 4.81. The fourth-order valence-electron chi connectivity index (χ4n) is 2.04. The largest absolute Gasteiger partial charge is 0.462 e. The lowest BCUT2D eigenvalue weighted by Gasteiger charge is -2.10. The normalized spacial score (nSPS) is 10.1. The third-order valence-corrected chi connectivity index (χ3v) is 5.02. The lowest BCUT2D eigenvalue weighted by molar-refractivity contribution is 0.0533. The monoisotopic (exact) mass is 426 g/mol. The number of hydrogen-bond donors (Lipinski definition) is 0. The maximum Gasteiger partial charge on any atom is 0.347 e. The molecule has 114 valence electrons. The minimum atomic E-state index is -0.376. The number of halogens is 1. The fraction of sp³-hybridized carbons (Fsp3) is 0.250. The van der Waals surface area contributed by atoms with Gasteiger partial charge in [-0.15, -0.1) is 11.3 Å². The molecule has 0 saturated heterocycles. The van der Waals surface area contributed by atoms with E-state index in [4.69, 9.17) is 11.3 Å². The zero-order valence-electron chi connectivity index (χ0n) is 12.5. The van der Waals surface area contributed by atoms with Gasteiger partial charge in [0.25, 0.3) is 0 Å². The first-order valence-electron chi connectivity index (χ1n) is 6.64. The summed E-state index contributed by atoms with van der Waals surface area (Å²) in [4.78, 5) is 18.3. The first-order valence-corrected chi connectivity index (χ1v) is 8.53. The predicted molar refractivity (Wildman–Crippen MR) is 99.0 cm³/mol. The number of thiophene rings is 1. The van der Waals surface area contributed by atoms with Crippen LogP contribution in [0.2, 0.25) is 0 Å². The zero-order chi connectivity index (χ0) is 16.3. The highest BCUT2D eigenvalue weighted by Gasteiger charge is 2.25. The molecule has 4 nitrogen and oxygen atoms in total. The van der Waals surface area contributed by atoms with Crippen molar-refractivity contribution in [1.82, 2.24) is 0 Å². The lowest BCUT2D eigenvalue weighted by atomic mass is 10.0. The second-order valence-electron chi connectivity index (χ2n) is 4.69. The molecule has 0 radical (unpaired) electrons. The van der Waals surface area contributed by atoms with Crippen LogP contribution in [0.3, 0.4) is 0 Å². The summed E-state index contributed by atoms with van der Waals surface area (Å²) in [5.74, 6) is -0.376. The Morgan fingerprint density at radius 2 is 2.00 bits per heavy atom. The first-order chi connectivity index (χ1) is 10.5. The summed E-state index contributed by atoms with van der Waals surface area (Å²) in [5, 5.41) is 0.770. The molecule has 1 heterocycles. The number of rotatable bonds is 4. The number of nitrogens with zero attached hydrogens (tertiary/aromatic N) is 2. The summed E-state index contributed by atoms with van der Waals surface area (Å²) in [6, 6.07) is 7.79. The Balaban J connectivity index is 2.70. The smallest absolute Gasteiger partial charge is 0.347 e. The van der Waals surface area contributed by atoms with E-state index in [9.17, 15) is 4.79 Å². The van der Waals surface area contributed by atoms with E-state index in [-0.39, 0.29) is 5.97 Å². The van der Waals surface area contributed by atoms with Crippen molar-refractivity contribution in [3.05, 3.63) is 44.1 Å². The zero-order valence-corrected chi connectivity index (χ0v) is 15.5. The minimum Gasteiger partial charge on any atom is -0.462 e. The van der Waals surface area contributed by atoms with Gasteiger partial charge in [0.15, 0.2) is 0 Å². The maximum atomic E-state index is 12.3. The molecule has 2 rings (SSSR count). The summed E-state index contributed by atoms with van der Waals surface area (Å²) >= 11 is 3.53. The van der Waals surface area contributed by atoms with Crippen LogP contribution in [0.4, 0.5) is 10.7 Å². The van der Waals surface area contributed by atoms with Gasteiger partial charge in [0, 0.05) is 23.2 Å². The van der Waals surface area contributed by atoms with Crippen LogP contribution in [-0.4, -0.2) is 26.7 Å². The van der Waals surface area contributed by atoms with Crippen molar-refractivity contribution < 1.29 is 9.53 Å². The minimum absolute atomic E-state index is 0.313. The van der Waals surface area contributed by atoms with Crippen LogP contribution in [0.1, 0.15) is 16.6 Å². The van der Waals surface area contributed by atoms with Gasteiger partial charge in [-0.1, -0.05) is 12.1 Å². The van der Waals surface area contributed by atoms with E-state index in [1.807, 2.05) is 43.3 Å². The van der Waals surface area contributed by atoms with Crippen molar-refractivity contribution in [2.45, 2.75) is 6.92 Å². The van der Waals surface area contributed by atoms with Gasteiger partial charge in [0.2, 0.25) is 5.69 Å². The molecule has 0 aliphatic rings. The van der Waals surface area contributed by atoms with Crippen molar-refractivity contribution >= 4 is 50.6 Å². The molecule has 6 heteroatoms. The van der Waals surface area contributed by atoms with Gasteiger partial charge in [-0.05, 0) is 47.2 Å². The molecule has 1 aromatic carbocycles. The first kappa shape index (κ1) is 16.8. The molecule has 0 bridgehead atoms. The Morgan fingerprint density at radius 3 is 2.50 bits per heavy atom. The van der Waals surface area contributed by atoms with Gasteiger partial charge >= 0.3 is 5.97 Å². The van der Waals surface area contributed by atoms with Crippen molar-refractivity contribution in [1.29, 1.82) is 0 Å². The highest BCUT2D eigenvalue weighted by Crippen LogP contribution is 2.48. The van der Waals surface area contributed by atoms with E-state index in [2.05, 4.69) is 27.4 Å². The van der Waals surface area contributed by atoms with Gasteiger partial charge in [0.1, 0.15) is 4.88 Å². The van der Waals surface area contributed by atoms with Crippen LogP contribution in [0, 0.1) is 10.1 Å². The molecular formula is C16H15IN2O2S. The fourth-order valence-corrected chi connectivity index (χ4v) is 3.48. The van der Waals surface area contributed by atoms with Crippen molar-refractivity contribution in [2.75, 3.05) is 25.6 Å². The summed E-state index contributed by atoms with van der Waals surface area (Å²) in [6.45, 7) is 9.61. The second-order valence-corrected chi connectivity index (χ2v) is 6.94. The second kappa shape index (κ2) is 7.11. The molecule has 0 unspecified atom stereocenters. The molecule has 22 heavy (non-hydrogen) atoms. The molecule has 0 spiro atoms. The number of carbonyl (C=O) groups excluding carboxylic acids is 1. The van der Waals surface area contributed by atoms with Crippen molar-refractivity contribution in [3.8, 4) is 11.1 Å². The Morgan fingerprint density at radius 1 is 1.36 bits per heavy atom. The quantitative estimate of drug-likeness (QED) is 0.400. The van der Waals surface area contributed by atoms with Crippen molar-refractivity contribution in [3.63, 3.8) is 0 Å². The lowest BCUT2D eigenvalue weighted by Crippen LogP contribution is -2.06. The molecule has 2 aromatic rings. The SMILES string of the molecule is [C-]#[N+]c1c(N(C)C)sc(C(=O)OCC)c1-c1ccc(I)cc1. The van der Waals surface area contributed by atoms with Crippen LogP contribution in [-0.2, 0) is 4.74 Å². The van der Waals surface area contributed by atoms with Gasteiger partial charge in [-0.3, -0.25) is 0 Å². The van der Waals surface area contributed by atoms with Crippen LogP contribution in [0.15, 0.2) is 24.3 Å². The molecule has 0 saturated carbocycles. The average molecular weight is 426 g/mol. The Hall–Kier alpha value is -1.59. The van der Waals surface area contributed by atoms with Crippen LogP contribution < -0.4 is 4.90 Å². The number of carbonyl (C=O) groups is 1. The molecule has 1 aromatic heterocycles. The van der Waals surface area contributed by atoms with Gasteiger partial charge in [-0.2, -0.15) is 0 Å². The molecule has 0 aliphatic carbocycles. The highest BCUT2D eigenvalue weighted by atomic mass is 127. The van der Waals surface area contributed by atoms with E-state index in [1.54, 1.807) is 6.92 Å². The molecule has 0 aliphatic heterocycles. The van der Waals surface area contributed by atoms with E-state index in [1.165, 1.54) is 11.3 Å². The third kappa shape index (κ3) is 3.25. The Bertz CT molecular complexity index is 730. The summed E-state index contributed by atoms with van der Waals surface area (Å²) in [5.41, 5.74) is 2.02. The van der Waals surface area contributed by atoms with Gasteiger partial charge in [-0.25, -0.2) is 9.64 Å². The van der Waals surface area contributed by atoms with E-state index in [0.29, 0.717) is 22.7 Å². The third-order valence-electron chi connectivity index (χ3n) is 2.98. The molecular weight excluding hydrogens is 411 g/mol. The number of esters is 1. The maximum absolute atomic E-state index is 12.3. The summed E-state index contributed by atoms with van der Waals surface area (Å²) in [6.07, 6.45) is 0. The number of hydrogen-bond acceptors (Lipinski definition) is 4. The van der Waals surface area contributed by atoms with Gasteiger partial charge in [0.05, 0.1) is 18.2 Å². The van der Waals surface area contributed by atoms with Crippen LogP contribution in [0.5, 0.6) is 0 Å². The van der Waals surface area contributed by atoms with E-state index in [0.717, 1.165) is 14.1 Å². The number of ether oxygens (including phenoxy) is 1. The molecule has 0 amide bonds. The Labute approximate surface area is 147 Å². The van der Waals surface area contributed by atoms with Crippen molar-refractivity contribution in [2.24, 2.45) is 0 Å².